The number of carbonyl (C=O) groups is 2. The van der Waals surface area contributed by atoms with Crippen molar-refractivity contribution in [3.63, 3.8) is 0 Å². The highest BCUT2D eigenvalue weighted by atomic mass is 32.2. The van der Waals surface area contributed by atoms with Crippen LogP contribution < -0.4 is 10.2 Å². The molecule has 0 fully saturated rings. The highest BCUT2D eigenvalue weighted by molar-refractivity contribution is 7.99. The van der Waals surface area contributed by atoms with E-state index in [0.717, 1.165) is 21.9 Å². The molecule has 3 aromatic carbocycles. The molecule has 1 N–H and O–H groups in total. The Kier molecular flexibility index (Phi) is 5.55. The van der Waals surface area contributed by atoms with E-state index in [4.69, 9.17) is 5.26 Å². The quantitative estimate of drug-likeness (QED) is 0.627. The zero-order valence-corrected chi connectivity index (χ0v) is 17.2. The van der Waals surface area contributed by atoms with Crippen molar-refractivity contribution < 1.29 is 9.59 Å². The third kappa shape index (κ3) is 3.80. The van der Waals surface area contributed by atoms with Crippen molar-refractivity contribution in [1.82, 2.24) is 0 Å². The van der Waals surface area contributed by atoms with Crippen LogP contribution in [-0.2, 0) is 0 Å². The molecule has 1 aliphatic heterocycles. The molecule has 0 unspecified atom stereocenters. The van der Waals surface area contributed by atoms with Crippen molar-refractivity contribution >= 4 is 35.0 Å². The van der Waals surface area contributed by atoms with Crippen molar-refractivity contribution in [3.05, 3.63) is 83.4 Å². The number of benzene rings is 3. The Labute approximate surface area is 179 Å². The lowest BCUT2D eigenvalue weighted by Crippen LogP contribution is -2.31. The van der Waals surface area contributed by atoms with Gasteiger partial charge in [-0.25, -0.2) is 0 Å². The Hall–Kier alpha value is -3.56. The summed E-state index contributed by atoms with van der Waals surface area (Å²) < 4.78 is 0. The molecule has 0 atom stereocenters. The molecular formula is C24H19N3O2S. The molecule has 2 amide bonds. The number of hydrogen-bond acceptors (Lipinski definition) is 4. The fourth-order valence-electron chi connectivity index (χ4n) is 3.35. The first-order valence-electron chi connectivity index (χ1n) is 9.65. The molecular weight excluding hydrogens is 394 g/mol. The molecule has 0 bridgehead atoms. The van der Waals surface area contributed by atoms with Gasteiger partial charge < -0.3 is 10.2 Å². The third-order valence-corrected chi connectivity index (χ3v) is 5.94. The number of amides is 2. The molecule has 5 nitrogen and oxygen atoms in total. The minimum Gasteiger partial charge on any atom is -0.322 e. The number of rotatable bonds is 4. The summed E-state index contributed by atoms with van der Waals surface area (Å²) in [5.74, 6) is -0.256. The molecule has 0 aliphatic carbocycles. The van der Waals surface area contributed by atoms with Crippen molar-refractivity contribution in [3.8, 4) is 6.07 Å². The number of fused-ring (bicyclic) bond motifs is 2. The Bertz CT molecular complexity index is 1170. The van der Waals surface area contributed by atoms with Crippen molar-refractivity contribution in [2.45, 2.75) is 23.1 Å². The van der Waals surface area contributed by atoms with Gasteiger partial charge in [-0.05, 0) is 61.0 Å². The number of nitriles is 1. The topological polar surface area (TPSA) is 73.2 Å². The molecule has 1 aliphatic rings. The predicted octanol–water partition coefficient (Wildman–Crippen LogP) is 5.33. The molecule has 148 valence electrons. The van der Waals surface area contributed by atoms with Crippen LogP contribution >= 0.6 is 11.8 Å². The van der Waals surface area contributed by atoms with E-state index >= 15 is 0 Å². The van der Waals surface area contributed by atoms with Gasteiger partial charge in [-0.2, -0.15) is 5.26 Å². The second-order valence-corrected chi connectivity index (χ2v) is 7.96. The Balaban J connectivity index is 1.67. The molecule has 0 spiro atoms. The molecule has 0 saturated carbocycles. The lowest BCUT2D eigenvalue weighted by atomic mass is 10.1. The monoisotopic (exact) mass is 413 g/mol. The van der Waals surface area contributed by atoms with Gasteiger partial charge in [-0.3, -0.25) is 9.59 Å². The van der Waals surface area contributed by atoms with E-state index in [-0.39, 0.29) is 11.8 Å². The summed E-state index contributed by atoms with van der Waals surface area (Å²) in [6, 6.07) is 21.7. The summed E-state index contributed by atoms with van der Waals surface area (Å²) in [7, 11) is 0. The second-order valence-electron chi connectivity index (χ2n) is 6.88. The van der Waals surface area contributed by atoms with E-state index < -0.39 is 0 Å². The van der Waals surface area contributed by atoms with Gasteiger partial charge in [0.1, 0.15) is 0 Å². The van der Waals surface area contributed by atoms with E-state index in [1.807, 2.05) is 55.5 Å². The number of carbonyl (C=O) groups excluding carboxylic acids is 2. The molecule has 3 aromatic rings. The zero-order chi connectivity index (χ0) is 21.1. The van der Waals surface area contributed by atoms with Gasteiger partial charge in [-0.1, -0.05) is 30.8 Å². The summed E-state index contributed by atoms with van der Waals surface area (Å²) >= 11 is 1.53. The van der Waals surface area contributed by atoms with Gasteiger partial charge in [-0.15, -0.1) is 0 Å². The summed E-state index contributed by atoms with van der Waals surface area (Å²) in [5.41, 5.74) is 3.17. The minimum atomic E-state index is -0.250. The highest BCUT2D eigenvalue weighted by Gasteiger charge is 2.26. The Morgan fingerprint density at radius 3 is 2.57 bits per heavy atom. The van der Waals surface area contributed by atoms with Crippen LogP contribution in [0, 0.1) is 11.3 Å². The van der Waals surface area contributed by atoms with Gasteiger partial charge in [0.25, 0.3) is 11.8 Å². The van der Waals surface area contributed by atoms with Crippen molar-refractivity contribution in [1.29, 1.82) is 5.26 Å². The maximum absolute atomic E-state index is 13.1. The minimum absolute atomic E-state index is 0.00642. The van der Waals surface area contributed by atoms with Crippen LogP contribution in [0.2, 0.25) is 0 Å². The number of nitrogens with zero attached hydrogens (tertiary/aromatic N) is 2. The fraction of sp³-hybridized carbons (Fsp3) is 0.125. The van der Waals surface area contributed by atoms with Gasteiger partial charge in [0.05, 0.1) is 22.9 Å². The van der Waals surface area contributed by atoms with E-state index in [2.05, 4.69) is 5.32 Å². The van der Waals surface area contributed by atoms with E-state index in [9.17, 15) is 9.59 Å². The SMILES string of the molecule is CCCN1C(=O)c2ccccc2Sc2cc(NC(=O)c3ccc(C#N)cc3)ccc21. The molecule has 30 heavy (non-hydrogen) atoms. The maximum atomic E-state index is 13.1. The summed E-state index contributed by atoms with van der Waals surface area (Å²) in [6.45, 7) is 2.67. The van der Waals surface area contributed by atoms with Gasteiger partial charge >= 0.3 is 0 Å². The molecule has 6 heteroatoms. The lowest BCUT2D eigenvalue weighted by Gasteiger charge is -2.22. The van der Waals surface area contributed by atoms with E-state index in [1.165, 1.54) is 11.8 Å². The fourth-order valence-corrected chi connectivity index (χ4v) is 4.46. The molecule has 0 saturated heterocycles. The van der Waals surface area contributed by atoms with Crippen LogP contribution in [0.5, 0.6) is 0 Å². The third-order valence-electron chi connectivity index (χ3n) is 4.81. The predicted molar refractivity (Wildman–Crippen MR) is 118 cm³/mol. The van der Waals surface area contributed by atoms with Crippen LogP contribution in [0.25, 0.3) is 0 Å². The van der Waals surface area contributed by atoms with Crippen LogP contribution in [-0.4, -0.2) is 18.4 Å². The van der Waals surface area contributed by atoms with Gasteiger partial charge in [0.2, 0.25) is 0 Å². The summed E-state index contributed by atoms with van der Waals surface area (Å²) in [6.07, 6.45) is 0.842. The number of nitrogens with one attached hydrogen (secondary N) is 1. The van der Waals surface area contributed by atoms with Gasteiger partial charge in [0, 0.05) is 27.6 Å². The summed E-state index contributed by atoms with van der Waals surface area (Å²) in [5, 5.41) is 11.8. The highest BCUT2D eigenvalue weighted by Crippen LogP contribution is 2.42. The van der Waals surface area contributed by atoms with E-state index in [0.29, 0.717) is 28.9 Å². The molecule has 0 aromatic heterocycles. The number of anilines is 2. The largest absolute Gasteiger partial charge is 0.322 e. The van der Waals surface area contributed by atoms with Crippen LogP contribution in [0.4, 0.5) is 11.4 Å². The average Bonchev–Trinajstić information content (AvgIpc) is 2.88. The second kappa shape index (κ2) is 8.44. The zero-order valence-electron chi connectivity index (χ0n) is 16.4. The van der Waals surface area contributed by atoms with Crippen LogP contribution in [0.1, 0.15) is 39.6 Å². The first-order chi connectivity index (χ1) is 14.6. The first kappa shape index (κ1) is 19.7. The first-order valence-corrected chi connectivity index (χ1v) is 10.5. The molecule has 4 rings (SSSR count). The standard InChI is InChI=1S/C24H19N3O2S/c1-2-13-27-20-12-11-18(26-23(28)17-9-7-16(15-25)8-10-17)14-22(20)30-21-6-4-3-5-19(21)24(27)29/h3-12,14H,2,13H2,1H3,(H,26,28). The Morgan fingerprint density at radius 1 is 1.07 bits per heavy atom. The van der Waals surface area contributed by atoms with Crippen molar-refractivity contribution in [2.75, 3.05) is 16.8 Å². The van der Waals surface area contributed by atoms with Crippen LogP contribution in [0.15, 0.2) is 76.5 Å². The summed E-state index contributed by atoms with van der Waals surface area (Å²) in [4.78, 5) is 29.3. The van der Waals surface area contributed by atoms with Gasteiger partial charge in [0.15, 0.2) is 0 Å². The average molecular weight is 414 g/mol. The lowest BCUT2D eigenvalue weighted by molar-refractivity contribution is 0.0982. The Morgan fingerprint density at radius 2 is 1.83 bits per heavy atom. The normalized spacial score (nSPS) is 12.4. The number of hydrogen-bond donors (Lipinski definition) is 1. The maximum Gasteiger partial charge on any atom is 0.259 e. The molecule has 0 radical (unpaired) electrons. The molecule has 1 heterocycles. The smallest absolute Gasteiger partial charge is 0.259 e. The van der Waals surface area contributed by atoms with E-state index in [1.54, 1.807) is 29.2 Å². The van der Waals surface area contributed by atoms with Crippen molar-refractivity contribution in [2.24, 2.45) is 0 Å². The van der Waals surface area contributed by atoms with Crippen LogP contribution in [0.3, 0.4) is 0 Å².